The van der Waals surface area contributed by atoms with E-state index in [9.17, 15) is 34.2 Å². The van der Waals surface area contributed by atoms with Gasteiger partial charge in [-0.15, -0.1) is 0 Å². The van der Waals surface area contributed by atoms with E-state index < -0.39 is 73.8 Å². The second-order valence-corrected chi connectivity index (χ2v) is 7.48. The standard InChI is InChI=1S/C22H26O13/c1-10(24)30-9-17-18(31-11(2)25)19(32-12(3)26)20(33-13(4)27)22(35-17)34-16-6-5-14(8-23)7-15(16)21(28)29/h5-7,17-20,22-23H,8-9H2,1-4H3,(H,28,29)/t17-,18+,19+,20-,22?/m1/s1. The number of aromatic carboxylic acids is 1. The Hall–Kier alpha value is -3.71. The average Bonchev–Trinajstić information content (AvgIpc) is 2.75. The number of carbonyl (C=O) groups excluding carboxylic acids is 4. The summed E-state index contributed by atoms with van der Waals surface area (Å²) in [4.78, 5) is 58.6. The van der Waals surface area contributed by atoms with Gasteiger partial charge in [-0.3, -0.25) is 19.2 Å². The monoisotopic (exact) mass is 498 g/mol. The summed E-state index contributed by atoms with van der Waals surface area (Å²) < 4.78 is 32.3. The molecule has 192 valence electrons. The van der Waals surface area contributed by atoms with Gasteiger partial charge in [0.25, 0.3) is 0 Å². The van der Waals surface area contributed by atoms with Crippen molar-refractivity contribution in [3.8, 4) is 5.75 Å². The summed E-state index contributed by atoms with van der Waals surface area (Å²) in [5.74, 6) is -4.76. The molecule has 13 nitrogen and oxygen atoms in total. The number of rotatable bonds is 9. The van der Waals surface area contributed by atoms with Crippen LogP contribution >= 0.6 is 0 Å². The van der Waals surface area contributed by atoms with Crippen LogP contribution in [-0.2, 0) is 49.5 Å². The van der Waals surface area contributed by atoms with Crippen LogP contribution in [0, 0.1) is 0 Å². The van der Waals surface area contributed by atoms with Crippen LogP contribution in [0.15, 0.2) is 18.2 Å². The maximum absolute atomic E-state index is 11.9. The third-order valence-electron chi connectivity index (χ3n) is 4.65. The number of carboxylic acid groups (broad SMARTS) is 1. The summed E-state index contributed by atoms with van der Waals surface area (Å²) in [6.07, 6.45) is -7.21. The highest BCUT2D eigenvalue weighted by atomic mass is 16.7. The SMILES string of the molecule is CC(=O)OC[C@H]1OC(Oc2ccc(CO)cc2C(=O)O)[C@H](OC(C)=O)[C@@H](OC(C)=O)[C@H]1OC(C)=O. The first-order valence-electron chi connectivity index (χ1n) is 10.4. The largest absolute Gasteiger partial charge is 0.478 e. The van der Waals surface area contributed by atoms with E-state index in [1.807, 2.05) is 0 Å². The first kappa shape index (κ1) is 27.5. The summed E-state index contributed by atoms with van der Waals surface area (Å²) in [5.41, 5.74) is -0.0549. The molecule has 1 aromatic carbocycles. The van der Waals surface area contributed by atoms with E-state index in [-0.39, 0.29) is 16.9 Å². The van der Waals surface area contributed by atoms with Gasteiger partial charge in [0.2, 0.25) is 12.4 Å². The van der Waals surface area contributed by atoms with Gasteiger partial charge in [-0.05, 0) is 17.7 Å². The summed E-state index contributed by atoms with van der Waals surface area (Å²) in [6, 6.07) is 3.82. The van der Waals surface area contributed by atoms with Gasteiger partial charge in [-0.2, -0.15) is 0 Å². The van der Waals surface area contributed by atoms with Crippen molar-refractivity contribution >= 4 is 29.8 Å². The molecule has 2 rings (SSSR count). The number of carboxylic acids is 1. The molecule has 1 heterocycles. The van der Waals surface area contributed by atoms with Gasteiger partial charge in [-0.1, -0.05) is 6.07 Å². The average molecular weight is 498 g/mol. The molecule has 35 heavy (non-hydrogen) atoms. The smallest absolute Gasteiger partial charge is 0.339 e. The zero-order valence-corrected chi connectivity index (χ0v) is 19.4. The molecule has 1 unspecified atom stereocenters. The number of carbonyl (C=O) groups is 5. The topological polar surface area (TPSA) is 181 Å². The normalized spacial score (nSPS) is 23.5. The van der Waals surface area contributed by atoms with Gasteiger partial charge in [0.1, 0.15) is 24.0 Å². The Balaban J connectivity index is 2.55. The number of hydrogen-bond acceptors (Lipinski definition) is 12. The first-order chi connectivity index (χ1) is 16.4. The van der Waals surface area contributed by atoms with E-state index in [0.29, 0.717) is 0 Å². The lowest BCUT2D eigenvalue weighted by Crippen LogP contribution is -2.63. The summed E-state index contributed by atoms with van der Waals surface area (Å²) >= 11 is 0. The molecule has 1 fully saturated rings. The van der Waals surface area contributed by atoms with Crippen molar-refractivity contribution in [3.05, 3.63) is 29.3 Å². The van der Waals surface area contributed by atoms with Gasteiger partial charge in [0, 0.05) is 27.7 Å². The summed E-state index contributed by atoms with van der Waals surface area (Å²) in [5, 5.41) is 18.9. The number of esters is 4. The number of hydrogen-bond donors (Lipinski definition) is 2. The molecule has 2 N–H and O–H groups in total. The molecule has 0 bridgehead atoms. The molecule has 0 saturated carbocycles. The molecule has 1 saturated heterocycles. The molecular formula is C22H26O13. The van der Waals surface area contributed by atoms with Gasteiger partial charge >= 0.3 is 29.8 Å². The number of benzene rings is 1. The van der Waals surface area contributed by atoms with E-state index in [1.165, 1.54) is 18.2 Å². The lowest BCUT2D eigenvalue weighted by molar-refractivity contribution is -0.288. The van der Waals surface area contributed by atoms with Gasteiger partial charge in [0.15, 0.2) is 12.2 Å². The van der Waals surface area contributed by atoms with Crippen LogP contribution in [-0.4, -0.2) is 77.4 Å². The molecule has 13 heteroatoms. The Morgan fingerprint density at radius 2 is 1.43 bits per heavy atom. The second kappa shape index (κ2) is 12.1. The van der Waals surface area contributed by atoms with Crippen LogP contribution in [0.4, 0.5) is 0 Å². The Morgan fingerprint density at radius 3 is 1.94 bits per heavy atom. The molecule has 0 aromatic heterocycles. The van der Waals surface area contributed by atoms with Gasteiger partial charge in [0.05, 0.1) is 6.61 Å². The number of aliphatic hydroxyl groups is 1. The van der Waals surface area contributed by atoms with Crippen molar-refractivity contribution in [3.63, 3.8) is 0 Å². The fraction of sp³-hybridized carbons (Fsp3) is 0.500. The van der Waals surface area contributed by atoms with Crippen molar-refractivity contribution in [1.82, 2.24) is 0 Å². The molecule has 0 amide bonds. The fourth-order valence-corrected chi connectivity index (χ4v) is 3.35. The predicted octanol–water partition coefficient (Wildman–Crippen LogP) is 0.339. The molecular weight excluding hydrogens is 472 g/mol. The summed E-state index contributed by atoms with van der Waals surface area (Å²) in [7, 11) is 0. The Bertz CT molecular complexity index is 972. The second-order valence-electron chi connectivity index (χ2n) is 7.48. The molecule has 0 radical (unpaired) electrons. The van der Waals surface area contributed by atoms with E-state index in [4.69, 9.17) is 28.4 Å². The highest BCUT2D eigenvalue weighted by Crippen LogP contribution is 2.32. The quantitative estimate of drug-likeness (QED) is 0.351. The third-order valence-corrected chi connectivity index (χ3v) is 4.65. The van der Waals surface area contributed by atoms with Crippen molar-refractivity contribution in [2.45, 2.75) is 65.0 Å². The van der Waals surface area contributed by atoms with Gasteiger partial charge in [-0.25, -0.2) is 4.79 Å². The van der Waals surface area contributed by atoms with E-state index in [2.05, 4.69) is 0 Å². The maximum atomic E-state index is 11.9. The minimum absolute atomic E-state index is 0.226. The summed E-state index contributed by atoms with van der Waals surface area (Å²) in [6.45, 7) is 3.45. The first-order valence-corrected chi connectivity index (χ1v) is 10.4. The van der Waals surface area contributed by atoms with Crippen LogP contribution in [0.5, 0.6) is 5.75 Å². The van der Waals surface area contributed by atoms with Crippen LogP contribution in [0.25, 0.3) is 0 Å². The van der Waals surface area contributed by atoms with Crippen LogP contribution in [0.3, 0.4) is 0 Å². The highest BCUT2D eigenvalue weighted by molar-refractivity contribution is 5.91. The predicted molar refractivity (Wildman–Crippen MR) is 112 cm³/mol. The lowest BCUT2D eigenvalue weighted by atomic mass is 9.98. The van der Waals surface area contributed by atoms with Crippen molar-refractivity contribution in [2.24, 2.45) is 0 Å². The Kier molecular flexibility index (Phi) is 9.54. The number of aliphatic hydroxyl groups excluding tert-OH is 1. The molecule has 1 aliphatic heterocycles. The van der Waals surface area contributed by atoms with Crippen LogP contribution in [0.1, 0.15) is 43.6 Å². The Labute approximate surface area is 199 Å². The maximum Gasteiger partial charge on any atom is 0.339 e. The minimum Gasteiger partial charge on any atom is -0.478 e. The number of ether oxygens (including phenoxy) is 6. The van der Waals surface area contributed by atoms with E-state index >= 15 is 0 Å². The lowest BCUT2D eigenvalue weighted by Gasteiger charge is -2.44. The van der Waals surface area contributed by atoms with Gasteiger partial charge < -0.3 is 38.6 Å². The van der Waals surface area contributed by atoms with E-state index in [1.54, 1.807) is 0 Å². The third kappa shape index (κ3) is 7.65. The molecule has 0 spiro atoms. The van der Waals surface area contributed by atoms with Crippen LogP contribution < -0.4 is 4.74 Å². The zero-order valence-electron chi connectivity index (χ0n) is 19.4. The van der Waals surface area contributed by atoms with Crippen molar-refractivity contribution in [1.29, 1.82) is 0 Å². The van der Waals surface area contributed by atoms with Crippen LogP contribution in [0.2, 0.25) is 0 Å². The zero-order chi connectivity index (χ0) is 26.3. The molecule has 5 atom stereocenters. The van der Waals surface area contributed by atoms with Crippen molar-refractivity contribution < 1.29 is 62.6 Å². The molecule has 1 aromatic rings. The highest BCUT2D eigenvalue weighted by Gasteiger charge is 2.53. The Morgan fingerprint density at radius 1 is 0.857 bits per heavy atom. The van der Waals surface area contributed by atoms with E-state index in [0.717, 1.165) is 27.7 Å². The molecule has 1 aliphatic rings. The van der Waals surface area contributed by atoms with Crippen molar-refractivity contribution in [2.75, 3.05) is 6.61 Å². The minimum atomic E-state index is -1.59. The molecule has 0 aliphatic carbocycles. The fourth-order valence-electron chi connectivity index (χ4n) is 3.35.